The molecule has 1 amide bonds. The number of anilines is 1. The molecule has 2 saturated heterocycles. The van der Waals surface area contributed by atoms with Gasteiger partial charge in [-0.2, -0.15) is 0 Å². The van der Waals surface area contributed by atoms with Crippen LogP contribution in [0.2, 0.25) is 5.15 Å². The maximum atomic E-state index is 13.7. The number of rotatable bonds is 3. The first kappa shape index (κ1) is 19.2. The van der Waals surface area contributed by atoms with Crippen LogP contribution in [-0.2, 0) is 0 Å². The molecule has 0 bridgehead atoms. The lowest BCUT2D eigenvalue weighted by Gasteiger charge is -2.41. The number of amides is 1. The number of hydrogen-bond acceptors (Lipinski definition) is 4. The van der Waals surface area contributed by atoms with Gasteiger partial charge in [-0.3, -0.25) is 4.79 Å². The third-order valence-electron chi connectivity index (χ3n) is 5.76. The van der Waals surface area contributed by atoms with E-state index in [1.165, 1.54) is 12.0 Å². The van der Waals surface area contributed by atoms with Crippen molar-refractivity contribution in [3.63, 3.8) is 0 Å². The summed E-state index contributed by atoms with van der Waals surface area (Å²) < 4.78 is 0. The highest BCUT2D eigenvalue weighted by molar-refractivity contribution is 6.29. The van der Waals surface area contributed by atoms with Gasteiger partial charge >= 0.3 is 0 Å². The molecule has 6 heteroatoms. The van der Waals surface area contributed by atoms with Crippen molar-refractivity contribution in [1.82, 2.24) is 14.8 Å². The fraction of sp³-hybridized carbons (Fsp3) is 0.455. The molecule has 1 unspecified atom stereocenters. The summed E-state index contributed by atoms with van der Waals surface area (Å²) in [6.45, 7) is 4.26. The van der Waals surface area contributed by atoms with E-state index >= 15 is 0 Å². The number of hydrogen-bond donors (Lipinski definition) is 0. The first-order valence-corrected chi connectivity index (χ1v) is 10.5. The molecule has 0 radical (unpaired) electrons. The van der Waals surface area contributed by atoms with Gasteiger partial charge in [0, 0.05) is 32.7 Å². The van der Waals surface area contributed by atoms with E-state index in [0.717, 1.165) is 44.8 Å². The van der Waals surface area contributed by atoms with Gasteiger partial charge in [-0.05, 0) is 44.0 Å². The zero-order chi connectivity index (χ0) is 19.5. The Kier molecular flexibility index (Phi) is 5.83. The maximum Gasteiger partial charge on any atom is 0.258 e. The number of aromatic nitrogens is 1. The van der Waals surface area contributed by atoms with E-state index in [1.807, 2.05) is 29.2 Å². The number of pyridine rings is 1. The molecule has 0 spiro atoms. The summed E-state index contributed by atoms with van der Waals surface area (Å²) in [6.07, 6.45) is 3.49. The van der Waals surface area contributed by atoms with E-state index in [4.69, 9.17) is 11.6 Å². The summed E-state index contributed by atoms with van der Waals surface area (Å²) in [6, 6.07) is 13.9. The van der Waals surface area contributed by atoms with Gasteiger partial charge in [0.05, 0.1) is 11.6 Å². The van der Waals surface area contributed by atoms with Crippen molar-refractivity contribution in [1.29, 1.82) is 0 Å². The molecule has 1 aromatic carbocycles. The summed E-state index contributed by atoms with van der Waals surface area (Å²) in [7, 11) is 2.11. The molecule has 148 valence electrons. The molecule has 4 rings (SSSR count). The Labute approximate surface area is 171 Å². The van der Waals surface area contributed by atoms with Crippen LogP contribution in [0, 0.1) is 0 Å². The summed E-state index contributed by atoms with van der Waals surface area (Å²) in [4.78, 5) is 24.7. The van der Waals surface area contributed by atoms with E-state index in [1.54, 1.807) is 6.07 Å². The Bertz CT molecular complexity index is 823. The van der Waals surface area contributed by atoms with E-state index in [0.29, 0.717) is 17.3 Å². The van der Waals surface area contributed by atoms with Crippen LogP contribution in [0.15, 0.2) is 42.5 Å². The maximum absolute atomic E-state index is 13.7. The van der Waals surface area contributed by atoms with E-state index in [2.05, 4.69) is 34.0 Å². The molecule has 2 aliphatic heterocycles. The van der Waals surface area contributed by atoms with Gasteiger partial charge in [0.15, 0.2) is 0 Å². The monoisotopic (exact) mass is 398 g/mol. The number of likely N-dealkylation sites (N-methyl/N-ethyl adjacent to an activating group) is 1. The van der Waals surface area contributed by atoms with Crippen molar-refractivity contribution in [2.45, 2.75) is 25.3 Å². The van der Waals surface area contributed by atoms with Gasteiger partial charge in [-0.15, -0.1) is 0 Å². The minimum atomic E-state index is 0.0392. The Balaban J connectivity index is 1.67. The summed E-state index contributed by atoms with van der Waals surface area (Å²) >= 11 is 6.20. The number of piperidine rings is 1. The van der Waals surface area contributed by atoms with Gasteiger partial charge < -0.3 is 14.7 Å². The minimum absolute atomic E-state index is 0.0392. The van der Waals surface area contributed by atoms with Crippen molar-refractivity contribution in [3.05, 3.63) is 58.7 Å². The van der Waals surface area contributed by atoms with E-state index in [-0.39, 0.29) is 11.9 Å². The Morgan fingerprint density at radius 2 is 1.75 bits per heavy atom. The van der Waals surface area contributed by atoms with Crippen LogP contribution in [0.3, 0.4) is 0 Å². The Morgan fingerprint density at radius 3 is 2.50 bits per heavy atom. The second kappa shape index (κ2) is 8.50. The fourth-order valence-electron chi connectivity index (χ4n) is 4.22. The van der Waals surface area contributed by atoms with Crippen LogP contribution >= 0.6 is 11.6 Å². The lowest BCUT2D eigenvalue weighted by Crippen LogP contribution is -2.49. The number of piperazine rings is 1. The number of halogens is 1. The molecule has 5 nitrogen and oxygen atoms in total. The Morgan fingerprint density at radius 1 is 1.00 bits per heavy atom. The lowest BCUT2D eigenvalue weighted by atomic mass is 10.0. The van der Waals surface area contributed by atoms with Crippen LogP contribution in [0.25, 0.3) is 0 Å². The van der Waals surface area contributed by atoms with Crippen LogP contribution in [0.4, 0.5) is 5.82 Å². The van der Waals surface area contributed by atoms with Crippen LogP contribution in [-0.4, -0.2) is 60.5 Å². The average Bonchev–Trinajstić information content (AvgIpc) is 2.74. The lowest BCUT2D eigenvalue weighted by molar-refractivity contribution is 0.0498. The molecule has 0 aliphatic carbocycles. The van der Waals surface area contributed by atoms with Crippen molar-refractivity contribution >= 4 is 23.3 Å². The van der Waals surface area contributed by atoms with E-state index in [9.17, 15) is 4.79 Å². The van der Waals surface area contributed by atoms with E-state index < -0.39 is 0 Å². The molecule has 1 atom stereocenters. The standard InChI is InChI=1S/C22H27ClN4O/c1-25-14-15-27(19(16-25)17-8-4-2-5-9-17)22(28)18-10-11-20(23)24-21(18)26-12-6-3-7-13-26/h2,4-5,8-11,19H,3,6-7,12-16H2,1H3. The fourth-order valence-corrected chi connectivity index (χ4v) is 4.36. The number of benzene rings is 1. The zero-order valence-electron chi connectivity index (χ0n) is 16.4. The normalized spacial score (nSPS) is 21.0. The molecule has 0 N–H and O–H groups in total. The van der Waals surface area contributed by atoms with Gasteiger partial charge in [0.25, 0.3) is 5.91 Å². The molecule has 2 fully saturated rings. The third-order valence-corrected chi connectivity index (χ3v) is 5.97. The second-order valence-electron chi connectivity index (χ2n) is 7.74. The summed E-state index contributed by atoms with van der Waals surface area (Å²) in [5.41, 5.74) is 1.83. The van der Waals surface area contributed by atoms with Gasteiger partial charge in [-0.25, -0.2) is 4.98 Å². The average molecular weight is 399 g/mol. The van der Waals surface area contributed by atoms with Crippen molar-refractivity contribution in [2.24, 2.45) is 0 Å². The highest BCUT2D eigenvalue weighted by atomic mass is 35.5. The Hall–Kier alpha value is -2.11. The molecule has 2 aromatic rings. The van der Waals surface area contributed by atoms with Crippen LogP contribution < -0.4 is 4.90 Å². The number of nitrogens with zero attached hydrogens (tertiary/aromatic N) is 4. The van der Waals surface area contributed by atoms with Gasteiger partial charge in [-0.1, -0.05) is 41.9 Å². The first-order chi connectivity index (χ1) is 13.6. The largest absolute Gasteiger partial charge is 0.356 e. The van der Waals surface area contributed by atoms with Crippen molar-refractivity contribution < 1.29 is 4.79 Å². The number of carbonyl (C=O) groups excluding carboxylic acids is 1. The highest BCUT2D eigenvalue weighted by Gasteiger charge is 2.33. The van der Waals surface area contributed by atoms with Crippen LogP contribution in [0.1, 0.15) is 41.2 Å². The molecular formula is C22H27ClN4O. The predicted molar refractivity (Wildman–Crippen MR) is 113 cm³/mol. The second-order valence-corrected chi connectivity index (χ2v) is 8.13. The summed E-state index contributed by atoms with van der Waals surface area (Å²) in [5.74, 6) is 0.787. The molecule has 0 saturated carbocycles. The predicted octanol–water partition coefficient (Wildman–Crippen LogP) is 3.85. The molecule has 1 aromatic heterocycles. The van der Waals surface area contributed by atoms with Gasteiger partial charge in [0.1, 0.15) is 11.0 Å². The summed E-state index contributed by atoms with van der Waals surface area (Å²) in [5, 5.41) is 0.440. The minimum Gasteiger partial charge on any atom is -0.356 e. The third kappa shape index (κ3) is 4.01. The highest BCUT2D eigenvalue weighted by Crippen LogP contribution is 2.30. The molecular weight excluding hydrogens is 372 g/mol. The molecule has 3 heterocycles. The van der Waals surface area contributed by atoms with Crippen LogP contribution in [0.5, 0.6) is 0 Å². The zero-order valence-corrected chi connectivity index (χ0v) is 17.1. The van der Waals surface area contributed by atoms with Crippen molar-refractivity contribution in [3.8, 4) is 0 Å². The quantitative estimate of drug-likeness (QED) is 0.736. The van der Waals surface area contributed by atoms with Gasteiger partial charge in [0.2, 0.25) is 0 Å². The number of carbonyl (C=O) groups is 1. The topological polar surface area (TPSA) is 39.7 Å². The molecule has 28 heavy (non-hydrogen) atoms. The van der Waals surface area contributed by atoms with Crippen molar-refractivity contribution in [2.75, 3.05) is 44.7 Å². The first-order valence-electron chi connectivity index (χ1n) is 10.1. The molecule has 2 aliphatic rings. The SMILES string of the molecule is CN1CCN(C(=O)c2ccc(Cl)nc2N2CCCCC2)C(c2ccccc2)C1. The smallest absolute Gasteiger partial charge is 0.258 e.